The Balaban J connectivity index is 2.46. The fraction of sp³-hybridized carbons (Fsp3) is 0.462. The zero-order valence-electron chi connectivity index (χ0n) is 10.2. The van der Waals surface area contributed by atoms with Crippen LogP contribution in [0.25, 0.3) is 0 Å². The average molecular weight is 220 g/mol. The summed E-state index contributed by atoms with van der Waals surface area (Å²) in [4.78, 5) is 11.6. The molecule has 0 saturated heterocycles. The topological polar surface area (TPSA) is 55.1 Å². The molecule has 0 aromatic heterocycles. The van der Waals surface area contributed by atoms with E-state index in [1.165, 1.54) is 5.56 Å². The highest BCUT2D eigenvalue weighted by Crippen LogP contribution is 2.04. The maximum absolute atomic E-state index is 11.6. The maximum atomic E-state index is 11.6. The average Bonchev–Trinajstić information content (AvgIpc) is 2.26. The molecule has 0 aliphatic heterocycles. The Bertz CT molecular complexity index is 343. The number of hydrogen-bond donors (Lipinski definition) is 2. The van der Waals surface area contributed by atoms with E-state index in [4.69, 9.17) is 5.73 Å². The van der Waals surface area contributed by atoms with Gasteiger partial charge < -0.3 is 11.1 Å². The second kappa shape index (κ2) is 5.66. The van der Waals surface area contributed by atoms with Gasteiger partial charge in [-0.1, -0.05) is 36.8 Å². The van der Waals surface area contributed by atoms with Gasteiger partial charge in [0.25, 0.3) is 0 Å². The molecule has 0 heterocycles. The Labute approximate surface area is 97.0 Å². The normalized spacial score (nSPS) is 14.2. The fourth-order valence-electron chi connectivity index (χ4n) is 1.29. The minimum absolute atomic E-state index is 0.00979. The van der Waals surface area contributed by atoms with Crippen molar-refractivity contribution >= 4 is 5.91 Å². The summed E-state index contributed by atoms with van der Waals surface area (Å²) in [6.07, 6.45) is 0. The highest BCUT2D eigenvalue weighted by atomic mass is 16.1. The largest absolute Gasteiger partial charge is 0.352 e. The van der Waals surface area contributed by atoms with E-state index in [9.17, 15) is 4.79 Å². The Hall–Kier alpha value is -1.35. The highest BCUT2D eigenvalue weighted by molar-refractivity contribution is 5.78. The molecule has 1 rings (SSSR count). The van der Waals surface area contributed by atoms with Crippen LogP contribution in [0.15, 0.2) is 24.3 Å². The Kier molecular flexibility index (Phi) is 4.50. The number of carbonyl (C=O) groups excluding carboxylic acids is 1. The van der Waals surface area contributed by atoms with Gasteiger partial charge in [-0.2, -0.15) is 0 Å². The number of rotatable bonds is 4. The van der Waals surface area contributed by atoms with E-state index in [0.717, 1.165) is 5.56 Å². The van der Waals surface area contributed by atoms with Crippen molar-refractivity contribution in [1.29, 1.82) is 0 Å². The molecular weight excluding hydrogens is 200 g/mol. The van der Waals surface area contributed by atoms with Crippen LogP contribution in [-0.2, 0) is 11.3 Å². The van der Waals surface area contributed by atoms with Crippen LogP contribution in [-0.4, -0.2) is 11.9 Å². The number of nitrogens with one attached hydrogen (secondary N) is 1. The molecule has 1 amide bonds. The van der Waals surface area contributed by atoms with Crippen molar-refractivity contribution in [3.63, 3.8) is 0 Å². The number of hydrogen-bond acceptors (Lipinski definition) is 2. The van der Waals surface area contributed by atoms with Crippen LogP contribution in [0.5, 0.6) is 0 Å². The van der Waals surface area contributed by atoms with Crippen molar-refractivity contribution in [2.75, 3.05) is 0 Å². The van der Waals surface area contributed by atoms with E-state index >= 15 is 0 Å². The molecule has 0 aliphatic rings. The Morgan fingerprint density at radius 3 is 2.38 bits per heavy atom. The van der Waals surface area contributed by atoms with Crippen LogP contribution in [0, 0.1) is 12.8 Å². The second-order valence-electron chi connectivity index (χ2n) is 4.35. The molecule has 0 spiro atoms. The lowest BCUT2D eigenvalue weighted by molar-refractivity contribution is -0.125. The monoisotopic (exact) mass is 220 g/mol. The number of nitrogens with two attached hydrogens (primary N) is 1. The van der Waals surface area contributed by atoms with Crippen molar-refractivity contribution < 1.29 is 4.79 Å². The summed E-state index contributed by atoms with van der Waals surface area (Å²) in [6, 6.07) is 8.00. The lowest BCUT2D eigenvalue weighted by Gasteiger charge is -2.15. The molecular formula is C13H20N2O. The van der Waals surface area contributed by atoms with Gasteiger partial charge in [0.1, 0.15) is 0 Å². The molecule has 1 aromatic carbocycles. The summed E-state index contributed by atoms with van der Waals surface area (Å²) in [7, 11) is 0. The van der Waals surface area contributed by atoms with Gasteiger partial charge >= 0.3 is 0 Å². The Morgan fingerprint density at radius 2 is 1.88 bits per heavy atom. The summed E-state index contributed by atoms with van der Waals surface area (Å²) in [5.74, 6) is -0.138. The first-order chi connectivity index (χ1) is 7.50. The highest BCUT2D eigenvalue weighted by Gasteiger charge is 2.16. The first-order valence-corrected chi connectivity index (χ1v) is 5.59. The smallest absolute Gasteiger partial charge is 0.224 e. The van der Waals surface area contributed by atoms with Crippen LogP contribution >= 0.6 is 0 Å². The second-order valence-corrected chi connectivity index (χ2v) is 4.35. The first-order valence-electron chi connectivity index (χ1n) is 5.59. The van der Waals surface area contributed by atoms with Crippen LogP contribution in [0.4, 0.5) is 0 Å². The van der Waals surface area contributed by atoms with Crippen molar-refractivity contribution in [2.24, 2.45) is 11.7 Å². The minimum Gasteiger partial charge on any atom is -0.352 e. The van der Waals surface area contributed by atoms with E-state index in [0.29, 0.717) is 6.54 Å². The van der Waals surface area contributed by atoms with Gasteiger partial charge in [-0.25, -0.2) is 0 Å². The van der Waals surface area contributed by atoms with Crippen LogP contribution in [0.1, 0.15) is 25.0 Å². The Morgan fingerprint density at radius 1 is 1.31 bits per heavy atom. The molecule has 1 aromatic rings. The molecule has 0 fully saturated rings. The predicted molar refractivity (Wildman–Crippen MR) is 65.8 cm³/mol. The van der Waals surface area contributed by atoms with Gasteiger partial charge in [0.05, 0.1) is 0 Å². The zero-order valence-corrected chi connectivity index (χ0v) is 10.2. The summed E-state index contributed by atoms with van der Waals surface area (Å²) < 4.78 is 0. The van der Waals surface area contributed by atoms with Gasteiger partial charge in [-0.3, -0.25) is 4.79 Å². The molecule has 88 valence electrons. The van der Waals surface area contributed by atoms with Crippen molar-refractivity contribution in [1.82, 2.24) is 5.32 Å². The van der Waals surface area contributed by atoms with E-state index in [2.05, 4.69) is 5.32 Å². The quantitative estimate of drug-likeness (QED) is 0.809. The van der Waals surface area contributed by atoms with Crippen molar-refractivity contribution in [2.45, 2.75) is 33.4 Å². The van der Waals surface area contributed by atoms with E-state index < -0.39 is 0 Å². The molecule has 2 atom stereocenters. The number of aryl methyl sites for hydroxylation is 1. The van der Waals surface area contributed by atoms with Crippen LogP contribution in [0.2, 0.25) is 0 Å². The van der Waals surface area contributed by atoms with Crippen molar-refractivity contribution in [3.05, 3.63) is 35.4 Å². The van der Waals surface area contributed by atoms with Crippen LogP contribution in [0.3, 0.4) is 0 Å². The molecule has 0 saturated carbocycles. The van der Waals surface area contributed by atoms with Gasteiger partial charge in [0.2, 0.25) is 5.91 Å². The lowest BCUT2D eigenvalue weighted by atomic mass is 10.0. The first kappa shape index (κ1) is 12.7. The molecule has 2 unspecified atom stereocenters. The third kappa shape index (κ3) is 3.66. The third-order valence-corrected chi connectivity index (χ3v) is 2.79. The molecule has 3 N–H and O–H groups in total. The molecule has 0 radical (unpaired) electrons. The molecule has 3 nitrogen and oxygen atoms in total. The van der Waals surface area contributed by atoms with E-state index in [1.54, 1.807) is 0 Å². The molecule has 0 aliphatic carbocycles. The standard InChI is InChI=1S/C13H20N2O/c1-9-4-6-12(7-5-9)8-15-13(16)10(2)11(3)14/h4-7,10-11H,8,14H2,1-3H3,(H,15,16). The molecule has 0 bridgehead atoms. The summed E-state index contributed by atoms with van der Waals surface area (Å²) in [5, 5.41) is 2.88. The summed E-state index contributed by atoms with van der Waals surface area (Å²) >= 11 is 0. The maximum Gasteiger partial charge on any atom is 0.224 e. The summed E-state index contributed by atoms with van der Waals surface area (Å²) in [6.45, 7) is 6.29. The van der Waals surface area contributed by atoms with Gasteiger partial charge in [-0.15, -0.1) is 0 Å². The van der Waals surface area contributed by atoms with Crippen LogP contribution < -0.4 is 11.1 Å². The van der Waals surface area contributed by atoms with E-state index in [1.807, 2.05) is 45.0 Å². The fourth-order valence-corrected chi connectivity index (χ4v) is 1.29. The van der Waals surface area contributed by atoms with E-state index in [-0.39, 0.29) is 17.9 Å². The summed E-state index contributed by atoms with van der Waals surface area (Å²) in [5.41, 5.74) is 7.99. The van der Waals surface area contributed by atoms with Crippen molar-refractivity contribution in [3.8, 4) is 0 Å². The number of amides is 1. The third-order valence-electron chi connectivity index (χ3n) is 2.79. The SMILES string of the molecule is Cc1ccc(CNC(=O)C(C)C(C)N)cc1. The minimum atomic E-state index is -0.148. The number of benzene rings is 1. The molecule has 3 heteroatoms. The van der Waals surface area contributed by atoms with Gasteiger partial charge in [0.15, 0.2) is 0 Å². The zero-order chi connectivity index (χ0) is 12.1. The number of carbonyl (C=O) groups is 1. The lowest BCUT2D eigenvalue weighted by Crippen LogP contribution is -2.38. The van der Waals surface area contributed by atoms with Gasteiger partial charge in [-0.05, 0) is 19.4 Å². The molecule has 16 heavy (non-hydrogen) atoms. The van der Waals surface area contributed by atoms with Gasteiger partial charge in [0, 0.05) is 18.5 Å². The predicted octanol–water partition coefficient (Wildman–Crippen LogP) is 1.59.